The number of sulfonamides is 1. The molecule has 1 amide bonds. The predicted molar refractivity (Wildman–Crippen MR) is 129 cm³/mol. The molecule has 15 heteroatoms. The molecule has 0 aliphatic carbocycles. The largest absolute Gasteiger partial charge is 0.414 e. The molecule has 3 N–H and O–H groups in total. The summed E-state index contributed by atoms with van der Waals surface area (Å²) in [4.78, 5) is 22.3. The highest BCUT2D eigenvalue weighted by molar-refractivity contribution is 7.90. The molecule has 34 heavy (non-hydrogen) atoms. The maximum Gasteiger partial charge on any atom is 0.414 e. The Balaban J connectivity index is 0.00000408. The van der Waals surface area contributed by atoms with Gasteiger partial charge in [-0.3, -0.25) is 0 Å². The van der Waals surface area contributed by atoms with Gasteiger partial charge in [0.1, 0.15) is 9.84 Å². The Morgan fingerprint density at radius 1 is 1.12 bits per heavy atom. The van der Waals surface area contributed by atoms with Crippen molar-refractivity contribution in [2.24, 2.45) is 0 Å². The number of benzene rings is 1. The number of aromatic nitrogens is 2. The lowest BCUT2D eigenvalue weighted by Crippen LogP contribution is -2.46. The van der Waals surface area contributed by atoms with Crippen LogP contribution in [0.5, 0.6) is 5.88 Å². The summed E-state index contributed by atoms with van der Waals surface area (Å²) in [5, 5.41) is 2.29. The van der Waals surface area contributed by atoms with Gasteiger partial charge in [-0.05, 0) is 19.2 Å². The summed E-state index contributed by atoms with van der Waals surface area (Å²) in [5.74, 6) is -0.628. The van der Waals surface area contributed by atoms with Crippen LogP contribution in [0.4, 0.5) is 10.6 Å². The topological polar surface area (TPSA) is 165 Å². The van der Waals surface area contributed by atoms with E-state index in [1.165, 1.54) is 22.6 Å². The molecule has 0 unspecified atom stereocenters. The van der Waals surface area contributed by atoms with Gasteiger partial charge < -0.3 is 20.7 Å². The van der Waals surface area contributed by atoms with E-state index < -0.39 is 26.0 Å². The van der Waals surface area contributed by atoms with Crippen molar-refractivity contribution >= 4 is 44.2 Å². The molecule has 3 rings (SSSR count). The van der Waals surface area contributed by atoms with Crippen LogP contribution in [0.1, 0.15) is 0 Å². The number of halogens is 1. The number of sulfone groups is 1. The molecule has 188 valence electrons. The lowest BCUT2D eigenvalue weighted by molar-refractivity contribution is 0.199. The van der Waals surface area contributed by atoms with Crippen molar-refractivity contribution in [3.05, 3.63) is 30.5 Å². The Kier molecular flexibility index (Phi) is 9.19. The van der Waals surface area contributed by atoms with Crippen LogP contribution in [0.3, 0.4) is 0 Å². The first-order valence-corrected chi connectivity index (χ1v) is 13.5. The summed E-state index contributed by atoms with van der Waals surface area (Å²) in [6.45, 7) is 2.06. The van der Waals surface area contributed by atoms with Crippen LogP contribution in [0.15, 0.2) is 35.4 Å². The first-order chi connectivity index (χ1) is 15.5. The van der Waals surface area contributed by atoms with Crippen LogP contribution in [0.2, 0.25) is 0 Å². The zero-order valence-electron chi connectivity index (χ0n) is 18.7. The van der Waals surface area contributed by atoms with E-state index in [4.69, 9.17) is 10.5 Å². The summed E-state index contributed by atoms with van der Waals surface area (Å²) >= 11 is 0. The van der Waals surface area contributed by atoms with Crippen LogP contribution >= 0.6 is 12.4 Å². The number of nitrogens with one attached hydrogen (secondary N) is 1. The van der Waals surface area contributed by atoms with E-state index >= 15 is 0 Å². The third-order valence-electron chi connectivity index (χ3n) is 4.95. The fraction of sp³-hybridized carbons (Fsp3) is 0.421. The fourth-order valence-corrected chi connectivity index (χ4v) is 4.93. The third-order valence-corrected chi connectivity index (χ3v) is 7.81. The van der Waals surface area contributed by atoms with Crippen molar-refractivity contribution in [2.45, 2.75) is 4.90 Å². The van der Waals surface area contributed by atoms with Crippen LogP contribution in [0.25, 0.3) is 11.3 Å². The molecule has 1 saturated heterocycles. The van der Waals surface area contributed by atoms with Gasteiger partial charge in [0.15, 0.2) is 5.82 Å². The van der Waals surface area contributed by atoms with Gasteiger partial charge in [-0.2, -0.15) is 4.31 Å². The Morgan fingerprint density at radius 2 is 1.74 bits per heavy atom. The van der Waals surface area contributed by atoms with Gasteiger partial charge in [-0.25, -0.2) is 31.6 Å². The number of carbonyl (C=O) groups excluding carboxylic acids is 1. The Bertz CT molecular complexity index is 1220. The van der Waals surface area contributed by atoms with E-state index in [-0.39, 0.29) is 41.3 Å². The second kappa shape index (κ2) is 11.3. The van der Waals surface area contributed by atoms with E-state index in [1.807, 2.05) is 7.05 Å². The average Bonchev–Trinajstić information content (AvgIpc) is 2.75. The van der Waals surface area contributed by atoms with Gasteiger partial charge in [0.2, 0.25) is 10.0 Å². The summed E-state index contributed by atoms with van der Waals surface area (Å²) in [7, 11) is -4.89. The lowest BCUT2D eigenvalue weighted by Gasteiger charge is -2.31. The minimum Gasteiger partial charge on any atom is -0.387 e. The highest BCUT2D eigenvalue weighted by atomic mass is 35.5. The van der Waals surface area contributed by atoms with E-state index in [2.05, 4.69) is 20.2 Å². The first-order valence-electron chi connectivity index (χ1n) is 10.0. The molecule has 2 heterocycles. The summed E-state index contributed by atoms with van der Waals surface area (Å²) in [6.07, 6.45) is 1.49. The molecule has 0 atom stereocenters. The summed E-state index contributed by atoms with van der Waals surface area (Å²) < 4.78 is 54.5. The highest BCUT2D eigenvalue weighted by Gasteiger charge is 2.27. The molecule has 0 radical (unpaired) electrons. The number of hydrogen-bond acceptors (Lipinski definition) is 10. The van der Waals surface area contributed by atoms with Crippen molar-refractivity contribution in [3.8, 4) is 17.1 Å². The normalized spacial score (nSPS) is 15.4. The minimum atomic E-state index is -3.60. The van der Waals surface area contributed by atoms with Crippen molar-refractivity contribution in [1.82, 2.24) is 24.5 Å². The number of ether oxygens (including phenoxy) is 1. The van der Waals surface area contributed by atoms with E-state index in [1.54, 1.807) is 12.1 Å². The number of anilines is 1. The maximum absolute atomic E-state index is 12.9. The zero-order chi connectivity index (χ0) is 24.2. The third kappa shape index (κ3) is 7.24. The van der Waals surface area contributed by atoms with Gasteiger partial charge in [0.25, 0.3) is 5.88 Å². The second-order valence-corrected chi connectivity index (χ2v) is 11.8. The molecular formula is C19H27ClN6O6S2. The van der Waals surface area contributed by atoms with Crippen molar-refractivity contribution < 1.29 is 26.4 Å². The minimum absolute atomic E-state index is 0. The van der Waals surface area contributed by atoms with Gasteiger partial charge in [-0.1, -0.05) is 12.1 Å². The van der Waals surface area contributed by atoms with Gasteiger partial charge in [0, 0.05) is 44.5 Å². The van der Waals surface area contributed by atoms with E-state index in [0.717, 1.165) is 6.26 Å². The number of nitrogens with zero attached hydrogens (tertiary/aromatic N) is 4. The molecule has 1 fully saturated rings. The molecule has 1 aromatic heterocycles. The monoisotopic (exact) mass is 534 g/mol. The number of hydrogen-bond donors (Lipinski definition) is 2. The van der Waals surface area contributed by atoms with Crippen molar-refractivity contribution in [2.75, 3.05) is 57.5 Å². The molecule has 0 bridgehead atoms. The summed E-state index contributed by atoms with van der Waals surface area (Å²) in [5.41, 5.74) is 6.58. The number of rotatable bonds is 7. The van der Waals surface area contributed by atoms with Gasteiger partial charge >= 0.3 is 6.09 Å². The lowest BCUT2D eigenvalue weighted by atomic mass is 10.2. The number of carbonyl (C=O) groups is 1. The predicted octanol–water partition coefficient (Wildman–Crippen LogP) is 0.217. The Morgan fingerprint density at radius 3 is 2.32 bits per heavy atom. The molecule has 12 nitrogen and oxygen atoms in total. The smallest absolute Gasteiger partial charge is 0.387 e. The van der Waals surface area contributed by atoms with Crippen LogP contribution in [-0.2, 0) is 19.9 Å². The Hall–Kier alpha value is -2.52. The van der Waals surface area contributed by atoms with E-state index in [0.29, 0.717) is 37.4 Å². The first kappa shape index (κ1) is 27.7. The van der Waals surface area contributed by atoms with Gasteiger partial charge in [0.05, 0.1) is 22.5 Å². The number of likely N-dealkylation sites (N-methyl/N-ethyl adjacent to an activating group) is 1. The average molecular weight is 535 g/mol. The molecule has 1 aliphatic heterocycles. The summed E-state index contributed by atoms with van der Waals surface area (Å²) in [6, 6.07) is 6.14. The van der Waals surface area contributed by atoms with Crippen molar-refractivity contribution in [3.63, 3.8) is 0 Å². The van der Waals surface area contributed by atoms with Gasteiger partial charge in [-0.15, -0.1) is 12.4 Å². The molecule has 0 spiro atoms. The molecule has 2 aromatic rings. The second-order valence-electron chi connectivity index (χ2n) is 7.62. The number of piperazine rings is 1. The maximum atomic E-state index is 12.9. The van der Waals surface area contributed by atoms with Crippen LogP contribution < -0.4 is 15.8 Å². The van der Waals surface area contributed by atoms with Crippen LogP contribution in [0, 0.1) is 0 Å². The SMILES string of the molecule is CN1CCN(S(=O)(=O)c2ccc(-c3cnc(N)c(OC(=O)NCCS(C)(=O)=O)n3)cc2)CC1.Cl. The van der Waals surface area contributed by atoms with Crippen LogP contribution in [-0.4, -0.2) is 93.9 Å². The number of amides is 1. The Labute approximate surface area is 204 Å². The fourth-order valence-electron chi connectivity index (χ4n) is 3.03. The molecule has 1 aromatic carbocycles. The number of nitrogen functional groups attached to an aromatic ring is 1. The zero-order valence-corrected chi connectivity index (χ0v) is 21.1. The molecule has 0 saturated carbocycles. The quantitative estimate of drug-likeness (QED) is 0.501. The molecular weight excluding hydrogens is 508 g/mol. The molecule has 1 aliphatic rings. The number of nitrogens with two attached hydrogens (primary N) is 1. The standard InChI is InChI=1S/C19H26N6O6S2.ClH/c1-24-8-10-25(11-9-24)33(29,30)15-5-3-14(4-6-15)16-13-22-17(20)18(23-16)31-19(26)21-7-12-32(2,27)28;/h3-6,13H,7-12H2,1-2H3,(H2,20,22)(H,21,26);1H. The van der Waals surface area contributed by atoms with E-state index in [9.17, 15) is 21.6 Å². The highest BCUT2D eigenvalue weighted by Crippen LogP contribution is 2.25. The van der Waals surface area contributed by atoms with Crippen molar-refractivity contribution in [1.29, 1.82) is 0 Å².